The van der Waals surface area contributed by atoms with Gasteiger partial charge in [-0.3, -0.25) is 4.40 Å². The Balaban J connectivity index is 1.88. The molecular formula is C19H17N3O4. The van der Waals surface area contributed by atoms with Crippen LogP contribution in [0.1, 0.15) is 0 Å². The van der Waals surface area contributed by atoms with E-state index in [1.165, 1.54) is 0 Å². The summed E-state index contributed by atoms with van der Waals surface area (Å²) in [6, 6.07) is 9.55. The zero-order chi connectivity index (χ0) is 18.1. The van der Waals surface area contributed by atoms with E-state index in [1.807, 2.05) is 40.9 Å². The molecule has 0 spiro atoms. The lowest BCUT2D eigenvalue weighted by atomic mass is 10.1. The molecule has 0 saturated heterocycles. The standard InChI is InChI=1S/C19H17N3O4/c1-23-15-8-14(9-16(24-2)18(15)25-3)12-4-5-17-20-21-19(22(17)10-12)13-6-7-26-11-13/h4-11H,1-3H3. The van der Waals surface area contributed by atoms with E-state index < -0.39 is 0 Å². The normalized spacial score (nSPS) is 10.9. The van der Waals surface area contributed by atoms with Gasteiger partial charge in [-0.25, -0.2) is 0 Å². The Morgan fingerprint density at radius 1 is 0.846 bits per heavy atom. The van der Waals surface area contributed by atoms with E-state index in [-0.39, 0.29) is 0 Å². The van der Waals surface area contributed by atoms with Crippen molar-refractivity contribution in [3.63, 3.8) is 0 Å². The van der Waals surface area contributed by atoms with Gasteiger partial charge in [-0.2, -0.15) is 0 Å². The Morgan fingerprint density at radius 2 is 1.62 bits per heavy atom. The molecule has 0 fully saturated rings. The number of fused-ring (bicyclic) bond motifs is 1. The van der Waals surface area contributed by atoms with Crippen molar-refractivity contribution in [2.45, 2.75) is 0 Å². The zero-order valence-corrected chi connectivity index (χ0v) is 14.6. The van der Waals surface area contributed by atoms with Crippen LogP contribution in [0.2, 0.25) is 0 Å². The van der Waals surface area contributed by atoms with Gasteiger partial charge in [-0.15, -0.1) is 10.2 Å². The van der Waals surface area contributed by atoms with E-state index in [0.29, 0.717) is 23.1 Å². The highest BCUT2D eigenvalue weighted by Gasteiger charge is 2.15. The molecule has 4 aromatic rings. The van der Waals surface area contributed by atoms with E-state index in [9.17, 15) is 0 Å². The largest absolute Gasteiger partial charge is 0.493 e. The molecule has 132 valence electrons. The minimum Gasteiger partial charge on any atom is -0.493 e. The molecule has 7 heteroatoms. The first-order valence-corrected chi connectivity index (χ1v) is 7.93. The summed E-state index contributed by atoms with van der Waals surface area (Å²) in [5.41, 5.74) is 3.49. The third-order valence-electron chi connectivity index (χ3n) is 4.18. The van der Waals surface area contributed by atoms with E-state index in [0.717, 1.165) is 22.3 Å². The van der Waals surface area contributed by atoms with Crippen LogP contribution in [0.4, 0.5) is 0 Å². The Hall–Kier alpha value is -3.48. The summed E-state index contributed by atoms with van der Waals surface area (Å²) >= 11 is 0. The average molecular weight is 351 g/mol. The predicted octanol–water partition coefficient (Wildman–Crippen LogP) is 3.68. The highest BCUT2D eigenvalue weighted by atomic mass is 16.5. The number of methoxy groups -OCH3 is 3. The molecule has 0 aliphatic rings. The molecule has 0 saturated carbocycles. The van der Waals surface area contributed by atoms with Crippen LogP contribution in [0, 0.1) is 0 Å². The molecule has 0 bridgehead atoms. The van der Waals surface area contributed by atoms with Crippen molar-refractivity contribution in [3.05, 3.63) is 49.1 Å². The second kappa shape index (κ2) is 6.44. The highest BCUT2D eigenvalue weighted by Crippen LogP contribution is 2.41. The number of aromatic nitrogens is 3. The molecule has 0 aliphatic carbocycles. The van der Waals surface area contributed by atoms with Crippen LogP contribution in [0.5, 0.6) is 17.2 Å². The van der Waals surface area contributed by atoms with Gasteiger partial charge in [0.1, 0.15) is 6.26 Å². The lowest BCUT2D eigenvalue weighted by Crippen LogP contribution is -1.96. The van der Waals surface area contributed by atoms with Crippen LogP contribution < -0.4 is 14.2 Å². The van der Waals surface area contributed by atoms with Gasteiger partial charge in [-0.1, -0.05) is 0 Å². The van der Waals surface area contributed by atoms with Gasteiger partial charge >= 0.3 is 0 Å². The van der Waals surface area contributed by atoms with E-state index >= 15 is 0 Å². The summed E-state index contributed by atoms with van der Waals surface area (Å²) in [5.74, 6) is 2.47. The van der Waals surface area contributed by atoms with Crippen molar-refractivity contribution in [1.29, 1.82) is 0 Å². The lowest BCUT2D eigenvalue weighted by Gasteiger charge is -2.14. The van der Waals surface area contributed by atoms with Gasteiger partial charge in [-0.05, 0) is 41.5 Å². The van der Waals surface area contributed by atoms with Gasteiger partial charge in [0, 0.05) is 6.20 Å². The smallest absolute Gasteiger partial charge is 0.203 e. The lowest BCUT2D eigenvalue weighted by molar-refractivity contribution is 0.324. The minimum atomic E-state index is 0.559. The third-order valence-corrected chi connectivity index (χ3v) is 4.18. The number of furan rings is 1. The SMILES string of the molecule is COc1cc(-c2ccc3nnc(-c4ccoc4)n3c2)cc(OC)c1OC. The quantitative estimate of drug-likeness (QED) is 0.546. The molecular weight excluding hydrogens is 334 g/mol. The second-order valence-corrected chi connectivity index (χ2v) is 5.60. The molecule has 0 N–H and O–H groups in total. The van der Waals surface area contributed by atoms with Gasteiger partial charge < -0.3 is 18.6 Å². The molecule has 0 radical (unpaired) electrons. The van der Waals surface area contributed by atoms with Crippen molar-refractivity contribution in [2.24, 2.45) is 0 Å². The van der Waals surface area contributed by atoms with Crippen molar-refractivity contribution in [2.75, 3.05) is 21.3 Å². The first-order valence-electron chi connectivity index (χ1n) is 7.93. The van der Waals surface area contributed by atoms with E-state index in [2.05, 4.69) is 10.2 Å². The van der Waals surface area contributed by atoms with Crippen molar-refractivity contribution in [1.82, 2.24) is 14.6 Å². The van der Waals surface area contributed by atoms with Crippen LogP contribution in [0.3, 0.4) is 0 Å². The van der Waals surface area contributed by atoms with Crippen molar-refractivity contribution < 1.29 is 18.6 Å². The number of rotatable bonds is 5. The van der Waals surface area contributed by atoms with E-state index in [1.54, 1.807) is 33.9 Å². The van der Waals surface area contributed by atoms with Crippen LogP contribution >= 0.6 is 0 Å². The summed E-state index contributed by atoms with van der Waals surface area (Å²) in [6.07, 6.45) is 5.22. The number of ether oxygens (including phenoxy) is 3. The van der Waals surface area contributed by atoms with Gasteiger partial charge in [0.2, 0.25) is 5.75 Å². The highest BCUT2D eigenvalue weighted by molar-refractivity contribution is 5.72. The second-order valence-electron chi connectivity index (χ2n) is 5.60. The molecule has 3 aromatic heterocycles. The van der Waals surface area contributed by atoms with Gasteiger partial charge in [0.25, 0.3) is 0 Å². The molecule has 1 aromatic carbocycles. The molecule has 26 heavy (non-hydrogen) atoms. The fourth-order valence-corrected chi connectivity index (χ4v) is 2.90. The summed E-state index contributed by atoms with van der Waals surface area (Å²) < 4.78 is 23.4. The number of hydrogen-bond donors (Lipinski definition) is 0. The summed E-state index contributed by atoms with van der Waals surface area (Å²) in [4.78, 5) is 0. The van der Waals surface area contributed by atoms with Gasteiger partial charge in [0.05, 0.1) is 33.2 Å². The molecule has 0 aliphatic heterocycles. The zero-order valence-electron chi connectivity index (χ0n) is 14.6. The number of pyridine rings is 1. The molecule has 0 unspecified atom stereocenters. The maximum atomic E-state index is 5.45. The van der Waals surface area contributed by atoms with Crippen LogP contribution in [0.15, 0.2) is 53.5 Å². The summed E-state index contributed by atoms with van der Waals surface area (Å²) in [7, 11) is 4.78. The molecule has 3 heterocycles. The molecule has 0 amide bonds. The average Bonchev–Trinajstić information content (AvgIpc) is 3.35. The number of benzene rings is 1. The van der Waals surface area contributed by atoms with Crippen molar-refractivity contribution in [3.8, 4) is 39.8 Å². The first-order chi connectivity index (χ1) is 12.7. The Bertz CT molecular complexity index is 1030. The van der Waals surface area contributed by atoms with Crippen LogP contribution in [-0.4, -0.2) is 35.9 Å². The topological polar surface area (TPSA) is 71.0 Å². The Labute approximate surface area is 149 Å². The predicted molar refractivity (Wildman–Crippen MR) is 95.8 cm³/mol. The Kier molecular flexibility index (Phi) is 3.96. The fourth-order valence-electron chi connectivity index (χ4n) is 2.90. The fraction of sp³-hybridized carbons (Fsp3) is 0.158. The van der Waals surface area contributed by atoms with Crippen LogP contribution in [-0.2, 0) is 0 Å². The molecule has 4 rings (SSSR count). The summed E-state index contributed by atoms with van der Waals surface area (Å²) in [5, 5.41) is 8.46. The monoisotopic (exact) mass is 351 g/mol. The summed E-state index contributed by atoms with van der Waals surface area (Å²) in [6.45, 7) is 0. The molecule has 0 atom stereocenters. The number of nitrogens with zero attached hydrogens (tertiary/aromatic N) is 3. The van der Waals surface area contributed by atoms with E-state index in [4.69, 9.17) is 18.6 Å². The number of hydrogen-bond acceptors (Lipinski definition) is 6. The minimum absolute atomic E-state index is 0.559. The van der Waals surface area contributed by atoms with Crippen molar-refractivity contribution >= 4 is 5.65 Å². The third kappa shape index (κ3) is 2.54. The Morgan fingerprint density at radius 3 is 2.23 bits per heavy atom. The maximum absolute atomic E-state index is 5.45. The van der Waals surface area contributed by atoms with Crippen LogP contribution in [0.25, 0.3) is 28.2 Å². The van der Waals surface area contributed by atoms with Gasteiger partial charge in [0.15, 0.2) is 23.0 Å². The maximum Gasteiger partial charge on any atom is 0.203 e. The molecule has 7 nitrogen and oxygen atoms in total. The first kappa shape index (κ1) is 16.0.